The van der Waals surface area contributed by atoms with Crippen molar-refractivity contribution < 1.29 is 19.1 Å². The number of likely N-dealkylation sites (N-methyl/N-ethyl adjacent to an activating group) is 1. The third kappa shape index (κ3) is 5.99. The zero-order valence-electron chi connectivity index (χ0n) is 20.5. The van der Waals surface area contributed by atoms with E-state index in [1.165, 1.54) is 0 Å². The molecule has 0 atom stereocenters. The third-order valence-corrected chi connectivity index (χ3v) is 5.59. The van der Waals surface area contributed by atoms with E-state index in [1.54, 1.807) is 50.4 Å². The van der Waals surface area contributed by atoms with Crippen LogP contribution in [-0.4, -0.2) is 55.6 Å². The summed E-state index contributed by atoms with van der Waals surface area (Å²) in [4.78, 5) is 26.9. The predicted octanol–water partition coefficient (Wildman–Crippen LogP) is 3.49. The average molecular weight is 476 g/mol. The maximum Gasteiger partial charge on any atom is 0.239 e. The lowest BCUT2D eigenvalue weighted by Gasteiger charge is -2.18. The van der Waals surface area contributed by atoms with Crippen LogP contribution in [0.3, 0.4) is 0 Å². The summed E-state index contributed by atoms with van der Waals surface area (Å²) >= 11 is 0. The lowest BCUT2D eigenvalue weighted by atomic mass is 10.2. The number of hydrogen-bond donors (Lipinski definition) is 2. The van der Waals surface area contributed by atoms with E-state index >= 15 is 0 Å². The number of ether oxygens (including phenoxy) is 2. The number of aromatic nitrogens is 1. The first kappa shape index (κ1) is 25.3. The summed E-state index contributed by atoms with van der Waals surface area (Å²) in [6.07, 6.45) is 0. The van der Waals surface area contributed by atoms with Gasteiger partial charge in [0.15, 0.2) is 0 Å². The van der Waals surface area contributed by atoms with Gasteiger partial charge >= 0.3 is 0 Å². The minimum Gasteiger partial charge on any atom is -0.497 e. The van der Waals surface area contributed by atoms with Crippen LogP contribution < -0.4 is 20.1 Å². The zero-order valence-corrected chi connectivity index (χ0v) is 20.5. The van der Waals surface area contributed by atoms with Gasteiger partial charge in [0.25, 0.3) is 0 Å². The standard InChI is InChI=1S/C26H29N5O4/c1-17-18(2)31(20-9-11-21(34-4)12-10-20)26(23(17)14-27)29-25(33)16-30(3)15-24(32)28-19-7-6-8-22(13-19)35-5/h6-13H,15-16H2,1-5H3,(H,28,32)(H,29,33). The van der Waals surface area contributed by atoms with Crippen molar-refractivity contribution in [1.29, 1.82) is 5.26 Å². The first-order valence-electron chi connectivity index (χ1n) is 11.0. The van der Waals surface area contributed by atoms with Crippen molar-refractivity contribution in [3.8, 4) is 23.3 Å². The number of nitrogens with one attached hydrogen (secondary N) is 2. The van der Waals surface area contributed by atoms with Crippen LogP contribution in [0.2, 0.25) is 0 Å². The van der Waals surface area contributed by atoms with Crippen molar-refractivity contribution in [1.82, 2.24) is 9.47 Å². The second-order valence-electron chi connectivity index (χ2n) is 8.08. The van der Waals surface area contributed by atoms with E-state index in [4.69, 9.17) is 9.47 Å². The molecule has 0 unspecified atom stereocenters. The number of methoxy groups -OCH3 is 2. The number of carbonyl (C=O) groups is 2. The largest absolute Gasteiger partial charge is 0.497 e. The fourth-order valence-electron chi connectivity index (χ4n) is 3.73. The van der Waals surface area contributed by atoms with E-state index in [9.17, 15) is 14.9 Å². The van der Waals surface area contributed by atoms with Gasteiger partial charge in [-0.05, 0) is 62.9 Å². The van der Waals surface area contributed by atoms with Crippen LogP contribution in [0.25, 0.3) is 5.69 Å². The number of anilines is 2. The molecule has 0 aliphatic rings. The van der Waals surface area contributed by atoms with Crippen molar-refractivity contribution >= 4 is 23.3 Å². The van der Waals surface area contributed by atoms with Gasteiger partial charge in [-0.25, -0.2) is 0 Å². The summed E-state index contributed by atoms with van der Waals surface area (Å²) in [6, 6.07) is 16.6. The van der Waals surface area contributed by atoms with Crippen molar-refractivity contribution in [2.24, 2.45) is 0 Å². The fourth-order valence-corrected chi connectivity index (χ4v) is 3.73. The Kier molecular flexibility index (Phi) is 8.12. The molecule has 1 aromatic heterocycles. The van der Waals surface area contributed by atoms with Crippen LogP contribution in [0.15, 0.2) is 48.5 Å². The number of rotatable bonds is 9. The first-order valence-corrected chi connectivity index (χ1v) is 11.0. The summed E-state index contributed by atoms with van der Waals surface area (Å²) in [7, 11) is 4.82. The maximum atomic E-state index is 12.9. The smallest absolute Gasteiger partial charge is 0.239 e. The van der Waals surface area contributed by atoms with Crippen LogP contribution >= 0.6 is 0 Å². The molecule has 0 fully saturated rings. The number of nitriles is 1. The van der Waals surface area contributed by atoms with Crippen molar-refractivity contribution in [2.45, 2.75) is 13.8 Å². The van der Waals surface area contributed by atoms with E-state index in [0.717, 1.165) is 16.9 Å². The van der Waals surface area contributed by atoms with Gasteiger partial charge in [-0.15, -0.1) is 0 Å². The van der Waals surface area contributed by atoms with Gasteiger partial charge in [0.2, 0.25) is 11.8 Å². The molecule has 0 aliphatic heterocycles. The van der Waals surface area contributed by atoms with Crippen molar-refractivity contribution in [3.63, 3.8) is 0 Å². The summed E-state index contributed by atoms with van der Waals surface area (Å²) in [6.45, 7) is 3.71. The third-order valence-electron chi connectivity index (χ3n) is 5.59. The van der Waals surface area contributed by atoms with Crippen molar-refractivity contribution in [3.05, 3.63) is 65.4 Å². The lowest BCUT2D eigenvalue weighted by Crippen LogP contribution is -2.36. The van der Waals surface area contributed by atoms with Crippen LogP contribution in [0.4, 0.5) is 11.5 Å². The van der Waals surface area contributed by atoms with Gasteiger partial charge in [0.05, 0.1) is 32.9 Å². The second kappa shape index (κ2) is 11.2. The highest BCUT2D eigenvalue weighted by Crippen LogP contribution is 2.30. The molecule has 0 saturated heterocycles. The SMILES string of the molecule is COc1ccc(-n2c(C)c(C)c(C#N)c2NC(=O)CN(C)CC(=O)Nc2cccc(OC)c2)cc1. The monoisotopic (exact) mass is 475 g/mol. The highest BCUT2D eigenvalue weighted by molar-refractivity contribution is 5.95. The van der Waals surface area contributed by atoms with Gasteiger partial charge in [-0.3, -0.25) is 19.1 Å². The Morgan fingerprint density at radius 3 is 2.20 bits per heavy atom. The molecule has 0 saturated carbocycles. The number of amides is 2. The van der Waals surface area contributed by atoms with Crippen LogP contribution in [0.1, 0.15) is 16.8 Å². The lowest BCUT2D eigenvalue weighted by molar-refractivity contribution is -0.119. The van der Waals surface area contributed by atoms with Gasteiger partial charge in [0, 0.05) is 23.1 Å². The number of nitrogens with zero attached hydrogens (tertiary/aromatic N) is 3. The highest BCUT2D eigenvalue weighted by atomic mass is 16.5. The highest BCUT2D eigenvalue weighted by Gasteiger charge is 2.21. The molecular formula is C26H29N5O4. The first-order chi connectivity index (χ1) is 16.8. The zero-order chi connectivity index (χ0) is 25.5. The molecular weight excluding hydrogens is 446 g/mol. The maximum absolute atomic E-state index is 12.9. The molecule has 9 heteroatoms. The minimum atomic E-state index is -0.342. The molecule has 3 rings (SSSR count). The molecule has 0 aliphatic carbocycles. The van der Waals surface area contributed by atoms with Gasteiger partial charge in [-0.2, -0.15) is 5.26 Å². The summed E-state index contributed by atoms with van der Waals surface area (Å²) < 4.78 is 12.2. The Morgan fingerprint density at radius 1 is 0.971 bits per heavy atom. The summed E-state index contributed by atoms with van der Waals surface area (Å²) in [5, 5.41) is 15.4. The van der Waals surface area contributed by atoms with E-state index in [0.29, 0.717) is 28.6 Å². The molecule has 9 nitrogen and oxygen atoms in total. The topological polar surface area (TPSA) is 109 Å². The summed E-state index contributed by atoms with van der Waals surface area (Å²) in [5.74, 6) is 1.13. The Morgan fingerprint density at radius 2 is 1.60 bits per heavy atom. The molecule has 182 valence electrons. The quantitative estimate of drug-likeness (QED) is 0.490. The van der Waals surface area contributed by atoms with E-state index < -0.39 is 0 Å². The number of benzene rings is 2. The van der Waals surface area contributed by atoms with Crippen molar-refractivity contribution in [2.75, 3.05) is 45.0 Å². The molecule has 2 aromatic carbocycles. The van der Waals surface area contributed by atoms with Crippen LogP contribution in [-0.2, 0) is 9.59 Å². The normalized spacial score (nSPS) is 10.5. The average Bonchev–Trinajstić information content (AvgIpc) is 3.07. The second-order valence-corrected chi connectivity index (χ2v) is 8.08. The molecule has 0 bridgehead atoms. The molecule has 2 N–H and O–H groups in total. The van der Waals surface area contributed by atoms with Crippen LogP contribution in [0, 0.1) is 25.2 Å². The Bertz CT molecular complexity index is 1260. The molecule has 2 amide bonds. The van der Waals surface area contributed by atoms with E-state index in [-0.39, 0.29) is 24.9 Å². The molecule has 0 spiro atoms. The molecule has 1 heterocycles. The number of carbonyl (C=O) groups excluding carboxylic acids is 2. The van der Waals surface area contributed by atoms with Gasteiger partial charge in [-0.1, -0.05) is 6.07 Å². The van der Waals surface area contributed by atoms with E-state index in [1.807, 2.05) is 42.7 Å². The fraction of sp³-hybridized carbons (Fsp3) is 0.269. The Hall–Kier alpha value is -4.29. The minimum absolute atomic E-state index is 0.00723. The predicted molar refractivity (Wildman–Crippen MR) is 134 cm³/mol. The summed E-state index contributed by atoms with van der Waals surface area (Å²) in [5.41, 5.74) is 3.41. The molecule has 3 aromatic rings. The van der Waals surface area contributed by atoms with Gasteiger partial charge in [0.1, 0.15) is 23.4 Å². The number of hydrogen-bond acceptors (Lipinski definition) is 6. The molecule has 0 radical (unpaired) electrons. The van der Waals surface area contributed by atoms with Gasteiger partial charge < -0.3 is 20.1 Å². The Balaban J connectivity index is 1.71. The van der Waals surface area contributed by atoms with Crippen LogP contribution in [0.5, 0.6) is 11.5 Å². The Labute approximate surface area is 204 Å². The molecule has 35 heavy (non-hydrogen) atoms. The van der Waals surface area contributed by atoms with E-state index in [2.05, 4.69) is 16.7 Å².